The molecular formula is C16H27NO. The number of hydrogen-bond donors (Lipinski definition) is 2. The Bertz CT molecular complexity index is 299. The fraction of sp³-hybridized carbons (Fsp3) is 0.625. The first-order chi connectivity index (χ1) is 8.76. The van der Waals surface area contributed by atoms with Crippen LogP contribution in [0.2, 0.25) is 0 Å². The summed E-state index contributed by atoms with van der Waals surface area (Å²) in [4.78, 5) is 0. The van der Waals surface area contributed by atoms with Crippen molar-refractivity contribution < 1.29 is 5.11 Å². The minimum atomic E-state index is 0.170. The van der Waals surface area contributed by atoms with Gasteiger partial charge in [-0.15, -0.1) is 0 Å². The lowest BCUT2D eigenvalue weighted by Gasteiger charge is -2.21. The molecule has 2 atom stereocenters. The van der Waals surface area contributed by atoms with Crippen LogP contribution in [0.5, 0.6) is 0 Å². The maximum atomic E-state index is 9.45. The Morgan fingerprint density at radius 1 is 1.17 bits per heavy atom. The van der Waals surface area contributed by atoms with Crippen LogP contribution in [-0.4, -0.2) is 23.8 Å². The molecule has 0 radical (unpaired) electrons. The molecular weight excluding hydrogens is 222 g/mol. The van der Waals surface area contributed by atoms with Gasteiger partial charge in [0.2, 0.25) is 0 Å². The summed E-state index contributed by atoms with van der Waals surface area (Å²) in [5, 5.41) is 13.0. The largest absolute Gasteiger partial charge is 0.395 e. The number of aliphatic hydroxyl groups is 1. The third kappa shape index (κ3) is 6.18. The number of rotatable bonds is 9. The second kappa shape index (κ2) is 9.12. The highest BCUT2D eigenvalue weighted by atomic mass is 16.3. The van der Waals surface area contributed by atoms with E-state index in [0.29, 0.717) is 6.04 Å². The van der Waals surface area contributed by atoms with Crippen molar-refractivity contribution in [1.82, 2.24) is 5.32 Å². The third-order valence-electron chi connectivity index (χ3n) is 3.31. The number of aliphatic hydroxyl groups excluding tert-OH is 1. The Kier molecular flexibility index (Phi) is 7.70. The zero-order chi connectivity index (χ0) is 13.2. The maximum Gasteiger partial charge on any atom is 0.0587 e. The van der Waals surface area contributed by atoms with Gasteiger partial charge in [-0.1, -0.05) is 56.5 Å². The van der Waals surface area contributed by atoms with Crippen LogP contribution in [0.4, 0.5) is 0 Å². The Hall–Kier alpha value is -0.860. The molecule has 0 aliphatic heterocycles. The van der Waals surface area contributed by atoms with Crippen LogP contribution in [0.25, 0.3) is 0 Å². The van der Waals surface area contributed by atoms with E-state index in [-0.39, 0.29) is 12.6 Å². The maximum absolute atomic E-state index is 9.45. The molecule has 1 unspecified atom stereocenters. The molecule has 0 aromatic heterocycles. The molecule has 0 saturated heterocycles. The van der Waals surface area contributed by atoms with Gasteiger partial charge in [0.1, 0.15) is 0 Å². The van der Waals surface area contributed by atoms with Crippen molar-refractivity contribution in [2.75, 3.05) is 6.61 Å². The molecule has 0 aliphatic rings. The molecule has 0 bridgehead atoms. The van der Waals surface area contributed by atoms with Crippen LogP contribution >= 0.6 is 0 Å². The lowest BCUT2D eigenvalue weighted by atomic mass is 10.0. The van der Waals surface area contributed by atoms with E-state index in [1.807, 2.05) is 6.07 Å². The van der Waals surface area contributed by atoms with Gasteiger partial charge in [-0.3, -0.25) is 0 Å². The normalized spacial score (nSPS) is 14.4. The average Bonchev–Trinajstić information content (AvgIpc) is 2.39. The predicted octanol–water partition coefficient (Wildman–Crippen LogP) is 3.15. The van der Waals surface area contributed by atoms with Gasteiger partial charge < -0.3 is 10.4 Å². The highest BCUT2D eigenvalue weighted by Crippen LogP contribution is 2.07. The summed E-state index contributed by atoms with van der Waals surface area (Å²) >= 11 is 0. The van der Waals surface area contributed by atoms with Crippen LogP contribution < -0.4 is 5.32 Å². The molecule has 18 heavy (non-hydrogen) atoms. The van der Waals surface area contributed by atoms with E-state index in [1.165, 1.54) is 31.2 Å². The monoisotopic (exact) mass is 249 g/mol. The minimum Gasteiger partial charge on any atom is -0.395 e. The van der Waals surface area contributed by atoms with Gasteiger partial charge in [0, 0.05) is 12.1 Å². The van der Waals surface area contributed by atoms with Crippen molar-refractivity contribution in [3.05, 3.63) is 35.9 Å². The summed E-state index contributed by atoms with van der Waals surface area (Å²) in [7, 11) is 0. The lowest BCUT2D eigenvalue weighted by Crippen LogP contribution is -2.40. The standard InChI is InChI=1S/C16H27NO/c1-3-4-6-9-14(2)17-16(13-18)12-15-10-7-5-8-11-15/h5,7-8,10-11,14,16-18H,3-4,6,9,12-13H2,1-2H3/t14?,16-/m1/s1. The van der Waals surface area contributed by atoms with E-state index < -0.39 is 0 Å². The van der Waals surface area contributed by atoms with Gasteiger partial charge in [0.25, 0.3) is 0 Å². The molecule has 2 heteroatoms. The molecule has 102 valence electrons. The van der Waals surface area contributed by atoms with Crippen LogP contribution in [0.3, 0.4) is 0 Å². The quantitative estimate of drug-likeness (QED) is 0.659. The molecule has 0 spiro atoms. The van der Waals surface area contributed by atoms with Crippen molar-refractivity contribution in [2.24, 2.45) is 0 Å². The Morgan fingerprint density at radius 3 is 2.50 bits per heavy atom. The molecule has 2 N–H and O–H groups in total. The molecule has 1 rings (SSSR count). The lowest BCUT2D eigenvalue weighted by molar-refractivity contribution is 0.229. The molecule has 2 nitrogen and oxygen atoms in total. The summed E-state index contributed by atoms with van der Waals surface area (Å²) in [6, 6.07) is 11.0. The topological polar surface area (TPSA) is 32.3 Å². The molecule has 0 saturated carbocycles. The summed E-state index contributed by atoms with van der Waals surface area (Å²) < 4.78 is 0. The third-order valence-corrected chi connectivity index (χ3v) is 3.31. The molecule has 0 aliphatic carbocycles. The van der Waals surface area contributed by atoms with E-state index in [0.717, 1.165) is 6.42 Å². The zero-order valence-electron chi connectivity index (χ0n) is 11.7. The number of hydrogen-bond acceptors (Lipinski definition) is 2. The first kappa shape index (κ1) is 15.2. The van der Waals surface area contributed by atoms with Gasteiger partial charge in [0.05, 0.1) is 6.61 Å². The van der Waals surface area contributed by atoms with Gasteiger partial charge in [-0.25, -0.2) is 0 Å². The fourth-order valence-corrected chi connectivity index (χ4v) is 2.26. The summed E-state index contributed by atoms with van der Waals surface area (Å²) in [5.41, 5.74) is 1.28. The SMILES string of the molecule is CCCCCC(C)N[C@@H](CO)Cc1ccccc1. The second-order valence-electron chi connectivity index (χ2n) is 5.13. The van der Waals surface area contributed by atoms with E-state index >= 15 is 0 Å². The Balaban J connectivity index is 2.32. The van der Waals surface area contributed by atoms with E-state index in [9.17, 15) is 5.11 Å². The highest BCUT2D eigenvalue weighted by Gasteiger charge is 2.11. The fourth-order valence-electron chi connectivity index (χ4n) is 2.26. The van der Waals surface area contributed by atoms with Crippen molar-refractivity contribution in [3.8, 4) is 0 Å². The van der Waals surface area contributed by atoms with E-state index in [2.05, 4.69) is 43.4 Å². The average molecular weight is 249 g/mol. The molecule has 1 aromatic rings. The van der Waals surface area contributed by atoms with Gasteiger partial charge in [-0.2, -0.15) is 0 Å². The van der Waals surface area contributed by atoms with Crippen molar-refractivity contribution >= 4 is 0 Å². The number of benzene rings is 1. The first-order valence-corrected chi connectivity index (χ1v) is 7.17. The minimum absolute atomic E-state index is 0.170. The van der Waals surface area contributed by atoms with Gasteiger partial charge >= 0.3 is 0 Å². The summed E-state index contributed by atoms with van der Waals surface area (Å²) in [6.07, 6.45) is 5.93. The Morgan fingerprint density at radius 2 is 1.89 bits per heavy atom. The number of nitrogens with one attached hydrogen (secondary N) is 1. The van der Waals surface area contributed by atoms with Crippen molar-refractivity contribution in [3.63, 3.8) is 0 Å². The smallest absolute Gasteiger partial charge is 0.0587 e. The second-order valence-corrected chi connectivity index (χ2v) is 5.13. The van der Waals surface area contributed by atoms with E-state index in [4.69, 9.17) is 0 Å². The van der Waals surface area contributed by atoms with Crippen molar-refractivity contribution in [2.45, 2.75) is 58.0 Å². The summed E-state index contributed by atoms with van der Waals surface area (Å²) in [6.45, 7) is 4.64. The van der Waals surface area contributed by atoms with Crippen LogP contribution in [0.1, 0.15) is 45.1 Å². The zero-order valence-corrected chi connectivity index (χ0v) is 11.7. The number of unbranched alkanes of at least 4 members (excludes halogenated alkanes) is 2. The van der Waals surface area contributed by atoms with Gasteiger partial charge in [-0.05, 0) is 25.3 Å². The predicted molar refractivity (Wildman–Crippen MR) is 77.8 cm³/mol. The van der Waals surface area contributed by atoms with Crippen LogP contribution in [0, 0.1) is 0 Å². The van der Waals surface area contributed by atoms with Crippen LogP contribution in [0.15, 0.2) is 30.3 Å². The van der Waals surface area contributed by atoms with Gasteiger partial charge in [0.15, 0.2) is 0 Å². The van der Waals surface area contributed by atoms with Crippen LogP contribution in [-0.2, 0) is 6.42 Å². The molecule has 0 amide bonds. The van der Waals surface area contributed by atoms with E-state index in [1.54, 1.807) is 0 Å². The molecule has 0 heterocycles. The highest BCUT2D eigenvalue weighted by molar-refractivity contribution is 5.15. The molecule has 0 fully saturated rings. The summed E-state index contributed by atoms with van der Waals surface area (Å²) in [5.74, 6) is 0. The van der Waals surface area contributed by atoms with Crippen molar-refractivity contribution in [1.29, 1.82) is 0 Å². The molecule has 1 aromatic carbocycles. The Labute approximate surface area is 111 Å². The first-order valence-electron chi connectivity index (χ1n) is 7.17.